The lowest BCUT2D eigenvalue weighted by atomic mass is 9.97. The summed E-state index contributed by atoms with van der Waals surface area (Å²) in [6.07, 6.45) is 0.225. The highest BCUT2D eigenvalue weighted by atomic mass is 16.5. The molecule has 2 rings (SSSR count). The molecule has 1 aromatic carbocycles. The predicted octanol–water partition coefficient (Wildman–Crippen LogP) is 2.41. The molecule has 2 amide bonds. The normalized spacial score (nSPS) is 14.7. The van der Waals surface area contributed by atoms with Crippen molar-refractivity contribution in [2.24, 2.45) is 5.92 Å². The molecule has 0 unspecified atom stereocenters. The molecular formula is C15H20N2O4. The number of nitrogens with zero attached hydrogens (tertiary/aromatic N) is 1. The van der Waals surface area contributed by atoms with Gasteiger partial charge in [-0.1, -0.05) is 0 Å². The van der Waals surface area contributed by atoms with Crippen LogP contribution >= 0.6 is 0 Å². The smallest absolute Gasteiger partial charge is 0.321 e. The summed E-state index contributed by atoms with van der Waals surface area (Å²) in [5.41, 5.74) is 0.692. The van der Waals surface area contributed by atoms with Crippen LogP contribution in [0.25, 0.3) is 0 Å². The van der Waals surface area contributed by atoms with E-state index in [1.165, 1.54) is 0 Å². The number of carboxylic acid groups (broad SMARTS) is 1. The van der Waals surface area contributed by atoms with E-state index in [0.29, 0.717) is 18.8 Å². The molecule has 6 nitrogen and oxygen atoms in total. The van der Waals surface area contributed by atoms with Crippen molar-refractivity contribution >= 4 is 17.7 Å². The Morgan fingerprint density at radius 1 is 1.33 bits per heavy atom. The van der Waals surface area contributed by atoms with Gasteiger partial charge in [-0.05, 0) is 38.1 Å². The van der Waals surface area contributed by atoms with Gasteiger partial charge in [0.1, 0.15) is 5.75 Å². The van der Waals surface area contributed by atoms with Gasteiger partial charge >= 0.3 is 12.0 Å². The van der Waals surface area contributed by atoms with Crippen molar-refractivity contribution in [3.63, 3.8) is 0 Å². The van der Waals surface area contributed by atoms with E-state index in [1.807, 2.05) is 13.8 Å². The number of likely N-dealkylation sites (tertiary alicyclic amines) is 1. The van der Waals surface area contributed by atoms with Gasteiger partial charge in [-0.3, -0.25) is 4.79 Å². The number of carbonyl (C=O) groups excluding carboxylic acids is 1. The van der Waals surface area contributed by atoms with Crippen LogP contribution in [0.3, 0.4) is 0 Å². The molecule has 0 atom stereocenters. The van der Waals surface area contributed by atoms with Crippen molar-refractivity contribution in [2.45, 2.75) is 26.4 Å². The van der Waals surface area contributed by atoms with Crippen LogP contribution in [0.1, 0.15) is 20.3 Å². The first-order valence-electron chi connectivity index (χ1n) is 6.98. The molecular weight excluding hydrogens is 272 g/mol. The number of nitrogens with one attached hydrogen (secondary N) is 1. The summed E-state index contributed by atoms with van der Waals surface area (Å²) in [6.45, 7) is 4.89. The second kappa shape index (κ2) is 6.47. The Bertz CT molecular complexity index is 507. The minimum atomic E-state index is -0.819. The Labute approximate surface area is 123 Å². The van der Waals surface area contributed by atoms with Crippen LogP contribution in [0.4, 0.5) is 10.5 Å². The summed E-state index contributed by atoms with van der Waals surface area (Å²) in [4.78, 5) is 24.1. The fourth-order valence-electron chi connectivity index (χ4n) is 2.20. The molecule has 0 saturated carbocycles. The van der Waals surface area contributed by atoms with Crippen LogP contribution in [0.15, 0.2) is 24.3 Å². The maximum Gasteiger partial charge on any atom is 0.321 e. The third-order valence-corrected chi connectivity index (χ3v) is 3.19. The molecule has 1 aliphatic heterocycles. The highest BCUT2D eigenvalue weighted by molar-refractivity contribution is 5.90. The molecule has 0 radical (unpaired) electrons. The standard InChI is InChI=1S/C15H20N2O4/c1-10(2)21-13-5-3-12(4-6-13)16-15(20)17-8-11(9-17)7-14(18)19/h3-6,10-11H,7-9H2,1-2H3,(H,16,20)(H,18,19). The van der Waals surface area contributed by atoms with E-state index in [-0.39, 0.29) is 24.5 Å². The van der Waals surface area contributed by atoms with Gasteiger partial charge in [0.2, 0.25) is 0 Å². The van der Waals surface area contributed by atoms with Crippen LogP contribution in [0.2, 0.25) is 0 Å². The number of benzene rings is 1. The van der Waals surface area contributed by atoms with Crippen LogP contribution in [-0.4, -0.2) is 41.2 Å². The Kier molecular flexibility index (Phi) is 4.67. The van der Waals surface area contributed by atoms with Gasteiger partial charge in [0.15, 0.2) is 0 Å². The Hall–Kier alpha value is -2.24. The number of aliphatic carboxylic acids is 1. The van der Waals surface area contributed by atoms with E-state index in [2.05, 4.69) is 5.32 Å². The van der Waals surface area contributed by atoms with Crippen molar-refractivity contribution in [1.29, 1.82) is 0 Å². The third kappa shape index (κ3) is 4.37. The summed E-state index contributed by atoms with van der Waals surface area (Å²) in [5, 5.41) is 11.4. The van der Waals surface area contributed by atoms with Gasteiger partial charge in [0.25, 0.3) is 0 Å². The zero-order chi connectivity index (χ0) is 15.4. The molecule has 0 aromatic heterocycles. The molecule has 114 valence electrons. The molecule has 1 aliphatic rings. The second-order valence-corrected chi connectivity index (χ2v) is 5.49. The number of anilines is 1. The van der Waals surface area contributed by atoms with E-state index in [0.717, 1.165) is 5.75 Å². The van der Waals surface area contributed by atoms with Crippen molar-refractivity contribution in [3.05, 3.63) is 24.3 Å². The Morgan fingerprint density at radius 2 is 1.95 bits per heavy atom. The highest BCUT2D eigenvalue weighted by Crippen LogP contribution is 2.21. The second-order valence-electron chi connectivity index (χ2n) is 5.49. The summed E-state index contributed by atoms with van der Waals surface area (Å²) < 4.78 is 5.53. The molecule has 1 aromatic rings. The summed E-state index contributed by atoms with van der Waals surface area (Å²) in [7, 11) is 0. The Morgan fingerprint density at radius 3 is 2.48 bits per heavy atom. The van der Waals surface area contributed by atoms with E-state index < -0.39 is 5.97 Å². The SMILES string of the molecule is CC(C)Oc1ccc(NC(=O)N2CC(CC(=O)O)C2)cc1. The molecule has 21 heavy (non-hydrogen) atoms. The number of hydrogen-bond acceptors (Lipinski definition) is 3. The number of amides is 2. The number of urea groups is 1. The van der Waals surface area contributed by atoms with Gasteiger partial charge < -0.3 is 20.1 Å². The first-order chi connectivity index (χ1) is 9.94. The molecule has 1 fully saturated rings. The summed E-state index contributed by atoms with van der Waals surface area (Å²) in [5.74, 6) is 0.00402. The maximum absolute atomic E-state index is 11.9. The fourth-order valence-corrected chi connectivity index (χ4v) is 2.20. The molecule has 1 heterocycles. The number of hydrogen-bond donors (Lipinski definition) is 2. The monoisotopic (exact) mass is 292 g/mol. The molecule has 0 spiro atoms. The molecule has 6 heteroatoms. The van der Waals surface area contributed by atoms with Crippen LogP contribution in [-0.2, 0) is 4.79 Å². The first-order valence-corrected chi connectivity index (χ1v) is 6.98. The van der Waals surface area contributed by atoms with Crippen LogP contribution in [0.5, 0.6) is 5.75 Å². The lowest BCUT2D eigenvalue weighted by Gasteiger charge is -2.38. The number of ether oxygens (including phenoxy) is 1. The average Bonchev–Trinajstić information content (AvgIpc) is 2.34. The number of carbonyl (C=O) groups is 2. The molecule has 1 saturated heterocycles. The minimum Gasteiger partial charge on any atom is -0.491 e. The Balaban J connectivity index is 1.80. The topological polar surface area (TPSA) is 78.9 Å². The fraction of sp³-hybridized carbons (Fsp3) is 0.467. The molecule has 0 aliphatic carbocycles. The molecule has 2 N–H and O–H groups in total. The molecule has 0 bridgehead atoms. The van der Waals surface area contributed by atoms with Crippen molar-refractivity contribution in [3.8, 4) is 5.75 Å². The van der Waals surface area contributed by atoms with E-state index in [1.54, 1.807) is 29.2 Å². The minimum absolute atomic E-state index is 0.0649. The number of carboxylic acids is 1. The lowest BCUT2D eigenvalue weighted by molar-refractivity contribution is -0.139. The highest BCUT2D eigenvalue weighted by Gasteiger charge is 2.31. The van der Waals surface area contributed by atoms with E-state index in [4.69, 9.17) is 9.84 Å². The number of rotatable bonds is 5. The average molecular weight is 292 g/mol. The quantitative estimate of drug-likeness (QED) is 0.873. The zero-order valence-corrected chi connectivity index (χ0v) is 12.2. The van der Waals surface area contributed by atoms with E-state index >= 15 is 0 Å². The summed E-state index contributed by atoms with van der Waals surface area (Å²) >= 11 is 0. The van der Waals surface area contributed by atoms with Crippen LogP contribution in [0, 0.1) is 5.92 Å². The van der Waals surface area contributed by atoms with Crippen molar-refractivity contribution in [1.82, 2.24) is 4.90 Å². The van der Waals surface area contributed by atoms with Crippen LogP contribution < -0.4 is 10.1 Å². The van der Waals surface area contributed by atoms with Gasteiger partial charge in [-0.15, -0.1) is 0 Å². The third-order valence-electron chi connectivity index (χ3n) is 3.19. The van der Waals surface area contributed by atoms with Gasteiger partial charge in [-0.2, -0.15) is 0 Å². The van der Waals surface area contributed by atoms with E-state index in [9.17, 15) is 9.59 Å². The first kappa shape index (κ1) is 15.2. The van der Waals surface area contributed by atoms with Gasteiger partial charge in [-0.25, -0.2) is 4.79 Å². The van der Waals surface area contributed by atoms with Gasteiger partial charge in [0.05, 0.1) is 12.5 Å². The van der Waals surface area contributed by atoms with Crippen molar-refractivity contribution in [2.75, 3.05) is 18.4 Å². The largest absolute Gasteiger partial charge is 0.491 e. The van der Waals surface area contributed by atoms with Gasteiger partial charge in [0, 0.05) is 24.7 Å². The predicted molar refractivity (Wildman–Crippen MR) is 78.5 cm³/mol. The maximum atomic E-state index is 11.9. The van der Waals surface area contributed by atoms with Crippen molar-refractivity contribution < 1.29 is 19.4 Å². The summed E-state index contributed by atoms with van der Waals surface area (Å²) in [6, 6.07) is 6.97. The zero-order valence-electron chi connectivity index (χ0n) is 12.2. The lowest BCUT2D eigenvalue weighted by Crippen LogP contribution is -2.52.